The van der Waals surface area contributed by atoms with Gasteiger partial charge in [0, 0.05) is 18.5 Å². The quantitative estimate of drug-likeness (QED) is 0.0504. The van der Waals surface area contributed by atoms with Crippen molar-refractivity contribution in [2.75, 3.05) is 13.1 Å². The number of carbonyl (C=O) groups is 6. The van der Waals surface area contributed by atoms with Gasteiger partial charge in [0.1, 0.15) is 24.2 Å². The zero-order valence-corrected chi connectivity index (χ0v) is 36.8. The Morgan fingerprint density at radius 3 is 2.19 bits per heavy atom. The summed E-state index contributed by atoms with van der Waals surface area (Å²) in [7, 11) is -0.908. The minimum Gasteiger partial charge on any atom is -0.403 e. The maximum Gasteiger partial charge on any atom is 0.496 e. The van der Waals surface area contributed by atoms with Crippen LogP contribution < -0.4 is 44.2 Å². The van der Waals surface area contributed by atoms with Crippen molar-refractivity contribution in [2.24, 2.45) is 40.2 Å². The highest BCUT2D eigenvalue weighted by molar-refractivity contribution is 6.47. The smallest absolute Gasteiger partial charge is 0.403 e. The zero-order valence-electron chi connectivity index (χ0n) is 36.8. The van der Waals surface area contributed by atoms with Crippen LogP contribution in [0.2, 0.25) is 0 Å². The summed E-state index contributed by atoms with van der Waals surface area (Å²) >= 11 is 0. The van der Waals surface area contributed by atoms with E-state index in [1.807, 2.05) is 12.1 Å². The van der Waals surface area contributed by atoms with Crippen molar-refractivity contribution >= 4 is 42.6 Å². The molecular formula is C45H66BN9O8. The van der Waals surface area contributed by atoms with E-state index in [0.29, 0.717) is 56.0 Å². The number of likely N-dealkylation sites (tertiary alicyclic amines) is 1. The first-order chi connectivity index (χ1) is 30.1. The van der Waals surface area contributed by atoms with Crippen LogP contribution in [0, 0.1) is 17.3 Å². The Morgan fingerprint density at radius 2 is 1.54 bits per heavy atom. The van der Waals surface area contributed by atoms with Crippen LogP contribution in [0.25, 0.3) is 11.1 Å². The molecule has 2 aliphatic heterocycles. The molecule has 2 heterocycles. The molecule has 18 heteroatoms. The molecular weight excluding hydrogens is 805 g/mol. The second-order valence-electron chi connectivity index (χ2n) is 18.2. The molecule has 2 unspecified atom stereocenters. The number of nitrogens with one attached hydrogen (secondary N) is 4. The van der Waals surface area contributed by atoms with Crippen LogP contribution >= 0.6 is 0 Å². The number of aryl methyl sites for hydroxylation is 1. The lowest BCUT2D eigenvalue weighted by Gasteiger charge is -2.60. The number of hydrogen-bond acceptors (Lipinski definition) is 11. The van der Waals surface area contributed by atoms with Gasteiger partial charge < -0.3 is 58.4 Å². The van der Waals surface area contributed by atoms with Gasteiger partial charge >= 0.3 is 7.12 Å². The zero-order chi connectivity index (χ0) is 45.4. The van der Waals surface area contributed by atoms with E-state index >= 15 is 0 Å². The summed E-state index contributed by atoms with van der Waals surface area (Å²) in [6, 6.07) is 11.3. The molecule has 5 fully saturated rings. The molecule has 12 N–H and O–H groups in total. The second-order valence-corrected chi connectivity index (χ2v) is 18.2. The molecule has 5 aliphatic rings. The summed E-state index contributed by atoms with van der Waals surface area (Å²) in [6.07, 6.45) is 5.18. The summed E-state index contributed by atoms with van der Waals surface area (Å²) < 4.78 is 12.3. The minimum absolute atomic E-state index is 0.124. The highest BCUT2D eigenvalue weighted by Gasteiger charge is 2.62. The largest absolute Gasteiger partial charge is 0.496 e. The van der Waals surface area contributed by atoms with Crippen molar-refractivity contribution in [1.82, 2.24) is 26.2 Å². The van der Waals surface area contributed by atoms with Gasteiger partial charge in [-0.25, -0.2) is 0 Å². The average Bonchev–Trinajstić information content (AvgIpc) is 3.95. The number of carbonyl (C=O) groups excluding carboxylic acids is 6. The molecule has 0 spiro atoms. The monoisotopic (exact) mass is 872 g/mol. The molecule has 2 bridgehead atoms. The minimum atomic E-state index is -1.63. The maximum absolute atomic E-state index is 14.1. The lowest BCUT2D eigenvalue weighted by molar-refractivity contribution is -0.150. The Labute approximate surface area is 370 Å². The molecule has 0 aromatic heterocycles. The van der Waals surface area contributed by atoms with Gasteiger partial charge in [-0.15, -0.1) is 0 Å². The van der Waals surface area contributed by atoms with Crippen LogP contribution in [0.5, 0.6) is 0 Å². The van der Waals surface area contributed by atoms with Crippen molar-refractivity contribution < 1.29 is 38.1 Å². The SMILES string of the molecule is CCCCc1ccc(-c2ccc(C(=O)N[C@@H](CCCCN)C(=O)N3CCC[C@H]3C(=O)N[C@@H](N)C(=O)N[C@@H](CCC(N)=O)C(=O)N[C@@H](N)B3OC4C[C@@H]5C[C@H](C4O3)C5(C)C)cc2)cc1. The molecule has 7 rings (SSSR count). The number of rotatable bonds is 21. The Hall–Kier alpha value is -4.88. The van der Waals surface area contributed by atoms with E-state index in [1.54, 1.807) is 12.1 Å². The van der Waals surface area contributed by atoms with E-state index < -0.39 is 72.9 Å². The number of nitrogens with zero attached hydrogens (tertiary/aromatic N) is 1. The van der Waals surface area contributed by atoms with Crippen LogP contribution in [0.15, 0.2) is 48.5 Å². The Bertz CT molecular complexity index is 1950. The van der Waals surface area contributed by atoms with Crippen molar-refractivity contribution in [2.45, 2.75) is 140 Å². The normalized spacial score (nSPS) is 23.9. The molecule has 6 amide bonds. The van der Waals surface area contributed by atoms with E-state index in [1.165, 1.54) is 10.5 Å². The molecule has 342 valence electrons. The number of primary amides is 1. The number of benzene rings is 2. The van der Waals surface area contributed by atoms with Gasteiger partial charge in [0.15, 0.2) is 6.17 Å². The van der Waals surface area contributed by atoms with Gasteiger partial charge in [0.2, 0.25) is 23.6 Å². The summed E-state index contributed by atoms with van der Waals surface area (Å²) in [5.74, 6) is -3.03. The summed E-state index contributed by atoms with van der Waals surface area (Å²) in [6.45, 7) is 7.27. The summed E-state index contributed by atoms with van der Waals surface area (Å²) in [5, 5.41) is 10.5. The van der Waals surface area contributed by atoms with E-state index in [-0.39, 0.29) is 37.0 Å². The van der Waals surface area contributed by atoms with E-state index in [4.69, 9.17) is 32.2 Å². The predicted octanol–water partition coefficient (Wildman–Crippen LogP) is 1.34. The van der Waals surface area contributed by atoms with Crippen molar-refractivity contribution in [1.29, 1.82) is 0 Å². The van der Waals surface area contributed by atoms with Crippen molar-refractivity contribution in [3.63, 3.8) is 0 Å². The Balaban J connectivity index is 1.03. The van der Waals surface area contributed by atoms with Gasteiger partial charge in [-0.1, -0.05) is 63.6 Å². The van der Waals surface area contributed by atoms with Crippen molar-refractivity contribution in [3.8, 4) is 11.1 Å². The number of amides is 6. The highest BCUT2D eigenvalue weighted by atomic mass is 16.7. The predicted molar refractivity (Wildman–Crippen MR) is 237 cm³/mol. The third kappa shape index (κ3) is 11.5. The maximum atomic E-state index is 14.1. The van der Waals surface area contributed by atoms with Crippen LogP contribution in [-0.4, -0.2) is 103 Å². The van der Waals surface area contributed by atoms with E-state index in [2.05, 4.69) is 66.3 Å². The lowest BCUT2D eigenvalue weighted by Crippen LogP contribution is -2.62. The fraction of sp³-hybridized carbons (Fsp3) is 0.600. The molecule has 0 radical (unpaired) electrons. The van der Waals surface area contributed by atoms with Crippen molar-refractivity contribution in [3.05, 3.63) is 59.7 Å². The number of unbranched alkanes of at least 4 members (excludes halogenated alkanes) is 2. The number of nitrogens with two attached hydrogens (primary N) is 4. The topological polar surface area (TPSA) is 276 Å². The van der Waals surface area contributed by atoms with Gasteiger partial charge in [0.05, 0.1) is 12.2 Å². The molecule has 2 aromatic carbocycles. The molecule has 63 heavy (non-hydrogen) atoms. The Morgan fingerprint density at radius 1 is 0.841 bits per heavy atom. The highest BCUT2D eigenvalue weighted by Crippen LogP contribution is 2.61. The van der Waals surface area contributed by atoms with Crippen LogP contribution in [0.1, 0.15) is 107 Å². The first-order valence-corrected chi connectivity index (χ1v) is 22.6. The van der Waals surface area contributed by atoms with Crippen LogP contribution in [0.3, 0.4) is 0 Å². The summed E-state index contributed by atoms with van der Waals surface area (Å²) in [5.41, 5.74) is 27.4. The standard InChI is InChI=1S/C45H66BN9O8/c1-4-5-9-26-12-14-27(15-13-26)28-16-18-29(19-17-28)39(57)52-33(10-6-7-22-47)43(61)55-23-8-11-34(55)41(59)53-38(49)42(60)51-32(20-21-36(48)56)40(58)54-44(50)46-62-35-25-30-24-31(37(35)63-46)45(30,2)3/h12-19,30-35,37-38,44H,4-11,20-25,47,49-50H2,1-3H3,(H2,48,56)(H,51,60)(H,52,57)(H,53,59)(H,54,58)/t30-,31+,32-,33-,34-,35?,37?,38+,44+/m0/s1. The second kappa shape index (κ2) is 21.2. The molecule has 3 aliphatic carbocycles. The van der Waals surface area contributed by atoms with Crippen LogP contribution in [0.4, 0.5) is 0 Å². The number of hydrogen-bond donors (Lipinski definition) is 8. The first kappa shape index (κ1) is 47.6. The lowest BCUT2D eigenvalue weighted by atomic mass is 9.47. The molecule has 17 nitrogen and oxygen atoms in total. The third-order valence-electron chi connectivity index (χ3n) is 13.6. The van der Waals surface area contributed by atoms with Gasteiger partial charge in [-0.2, -0.15) is 0 Å². The third-order valence-corrected chi connectivity index (χ3v) is 13.6. The molecule has 9 atom stereocenters. The Kier molecular flexibility index (Phi) is 16.0. The van der Waals surface area contributed by atoms with Crippen LogP contribution in [-0.2, 0) is 39.7 Å². The van der Waals surface area contributed by atoms with Gasteiger partial charge in [0.25, 0.3) is 11.8 Å². The fourth-order valence-corrected chi connectivity index (χ4v) is 9.55. The summed E-state index contributed by atoms with van der Waals surface area (Å²) in [4.78, 5) is 81.3. The molecule has 2 aromatic rings. The van der Waals surface area contributed by atoms with E-state index in [9.17, 15) is 28.8 Å². The molecule has 3 saturated carbocycles. The fourth-order valence-electron chi connectivity index (χ4n) is 9.55. The molecule has 2 saturated heterocycles. The van der Waals surface area contributed by atoms with E-state index in [0.717, 1.165) is 43.2 Å². The average molecular weight is 872 g/mol. The first-order valence-electron chi connectivity index (χ1n) is 22.6. The van der Waals surface area contributed by atoms with Gasteiger partial charge in [-0.05, 0) is 117 Å². The van der Waals surface area contributed by atoms with Gasteiger partial charge in [-0.3, -0.25) is 28.8 Å².